The van der Waals surface area contributed by atoms with Gasteiger partial charge in [-0.1, -0.05) is 57.5 Å². The molecule has 4 rings (SSSR count). The number of likely N-dealkylation sites (N-methyl/N-ethyl adjacent to an activating group) is 1. The molecule has 304 valence electrons. The quantitative estimate of drug-likeness (QED) is 0.145. The number of nitrogens with one attached hydrogen (secondary N) is 1. The SMILES string of the molecule is CCCCc1ccc(C(=O)C[C@@H](C)C(=O)N(C)[C@@H]2C(=O)C[C@@H](C)C(=O)N[C@H](C(=O)CCC#N)Cc3ccc(OCCN)c(c3)-c3cc2ccc3OCCN)c(C)c1. The first-order chi connectivity index (χ1) is 27.3. The molecule has 1 aliphatic rings. The molecule has 0 aromatic heterocycles. The third-order valence-electron chi connectivity index (χ3n) is 10.4. The minimum atomic E-state index is -1.15. The van der Waals surface area contributed by atoms with Crippen molar-refractivity contribution in [2.24, 2.45) is 23.3 Å². The second-order valence-electron chi connectivity index (χ2n) is 15.0. The molecule has 3 aromatic rings. The highest BCUT2D eigenvalue weighted by Crippen LogP contribution is 2.41. The first-order valence-electron chi connectivity index (χ1n) is 19.9. The summed E-state index contributed by atoms with van der Waals surface area (Å²) in [6.07, 6.45) is 2.79. The lowest BCUT2D eigenvalue weighted by Gasteiger charge is -2.31. The van der Waals surface area contributed by atoms with E-state index in [0.717, 1.165) is 30.4 Å². The number of nitrogens with two attached hydrogens (primary N) is 2. The van der Waals surface area contributed by atoms with Gasteiger partial charge in [0.2, 0.25) is 11.8 Å². The Morgan fingerprint density at radius 1 is 0.965 bits per heavy atom. The van der Waals surface area contributed by atoms with Crippen LogP contribution in [0.15, 0.2) is 54.6 Å². The molecule has 0 saturated carbocycles. The van der Waals surface area contributed by atoms with Gasteiger partial charge in [-0.3, -0.25) is 24.0 Å². The van der Waals surface area contributed by atoms with Crippen LogP contribution in [0, 0.1) is 30.1 Å². The maximum Gasteiger partial charge on any atom is 0.226 e. The monoisotopic (exact) mass is 779 g/mol. The highest BCUT2D eigenvalue weighted by Gasteiger charge is 2.35. The Morgan fingerprint density at radius 3 is 2.26 bits per heavy atom. The maximum atomic E-state index is 14.5. The average molecular weight is 780 g/mol. The number of ketones is 3. The van der Waals surface area contributed by atoms with E-state index < -0.39 is 41.5 Å². The summed E-state index contributed by atoms with van der Waals surface area (Å²) < 4.78 is 12.2. The average Bonchev–Trinajstić information content (AvgIpc) is 3.19. The second kappa shape index (κ2) is 21.2. The molecule has 12 nitrogen and oxygen atoms in total. The fraction of sp³-hybridized carbons (Fsp3) is 0.467. The molecule has 5 N–H and O–H groups in total. The summed E-state index contributed by atoms with van der Waals surface area (Å²) in [5.41, 5.74) is 16.5. The summed E-state index contributed by atoms with van der Waals surface area (Å²) in [6, 6.07) is 16.3. The van der Waals surface area contributed by atoms with E-state index in [-0.39, 0.29) is 70.0 Å². The summed E-state index contributed by atoms with van der Waals surface area (Å²) in [4.78, 5) is 70.7. The van der Waals surface area contributed by atoms with Crippen LogP contribution in [0.25, 0.3) is 11.1 Å². The second-order valence-corrected chi connectivity index (χ2v) is 15.0. The van der Waals surface area contributed by atoms with Crippen LogP contribution in [-0.2, 0) is 32.0 Å². The zero-order valence-corrected chi connectivity index (χ0v) is 33.9. The number of aryl methyl sites for hydroxylation is 2. The summed E-state index contributed by atoms with van der Waals surface area (Å²) in [5.74, 6) is -2.55. The van der Waals surface area contributed by atoms with Crippen LogP contribution in [-0.4, -0.2) is 73.5 Å². The van der Waals surface area contributed by atoms with E-state index in [4.69, 9.17) is 20.9 Å². The van der Waals surface area contributed by atoms with Gasteiger partial charge < -0.3 is 31.2 Å². The Labute approximate surface area is 336 Å². The van der Waals surface area contributed by atoms with Crippen molar-refractivity contribution in [1.29, 1.82) is 5.26 Å². The molecule has 0 fully saturated rings. The first-order valence-corrected chi connectivity index (χ1v) is 19.9. The number of amides is 2. The minimum absolute atomic E-state index is 0.0119. The lowest BCUT2D eigenvalue weighted by atomic mass is 9.88. The van der Waals surface area contributed by atoms with Crippen molar-refractivity contribution in [3.05, 3.63) is 82.4 Å². The van der Waals surface area contributed by atoms with Crippen molar-refractivity contribution in [3.63, 3.8) is 0 Å². The predicted molar refractivity (Wildman–Crippen MR) is 219 cm³/mol. The zero-order chi connectivity index (χ0) is 41.6. The van der Waals surface area contributed by atoms with Gasteiger partial charge in [0.1, 0.15) is 30.8 Å². The van der Waals surface area contributed by atoms with Crippen LogP contribution in [0.5, 0.6) is 11.5 Å². The molecular weight excluding hydrogens is 723 g/mol. The molecular formula is C45H57N5O7. The van der Waals surface area contributed by atoms with Crippen molar-refractivity contribution in [1.82, 2.24) is 10.2 Å². The van der Waals surface area contributed by atoms with Crippen LogP contribution in [0.2, 0.25) is 0 Å². The van der Waals surface area contributed by atoms with Gasteiger partial charge in [0.05, 0.1) is 12.1 Å². The number of unbranched alkanes of at least 4 members (excludes halogenated alkanes) is 1. The van der Waals surface area contributed by atoms with Gasteiger partial charge in [0.25, 0.3) is 0 Å². The molecule has 2 amide bonds. The number of nitriles is 1. The van der Waals surface area contributed by atoms with Crippen LogP contribution in [0.4, 0.5) is 0 Å². The number of rotatable bonds is 17. The number of hydrogen-bond acceptors (Lipinski definition) is 10. The number of fused-ring (bicyclic) bond motifs is 5. The van der Waals surface area contributed by atoms with E-state index in [9.17, 15) is 29.2 Å². The molecule has 0 spiro atoms. The largest absolute Gasteiger partial charge is 0.492 e. The van der Waals surface area contributed by atoms with Gasteiger partial charge in [0.15, 0.2) is 17.3 Å². The van der Waals surface area contributed by atoms with Gasteiger partial charge in [0, 0.05) is 74.3 Å². The number of hydrogen-bond donors (Lipinski definition) is 3. The lowest BCUT2D eigenvalue weighted by Crippen LogP contribution is -2.45. The lowest BCUT2D eigenvalue weighted by molar-refractivity contribution is -0.142. The molecule has 1 aliphatic heterocycles. The Kier molecular flexibility index (Phi) is 16.5. The molecule has 57 heavy (non-hydrogen) atoms. The Morgan fingerprint density at radius 2 is 1.63 bits per heavy atom. The fourth-order valence-corrected chi connectivity index (χ4v) is 7.24. The number of carbonyl (C=O) groups excluding carboxylic acids is 5. The molecule has 4 bridgehead atoms. The van der Waals surface area contributed by atoms with Crippen molar-refractivity contribution in [3.8, 4) is 28.7 Å². The van der Waals surface area contributed by atoms with Gasteiger partial charge >= 0.3 is 0 Å². The zero-order valence-electron chi connectivity index (χ0n) is 33.9. The van der Waals surface area contributed by atoms with Gasteiger partial charge in [-0.15, -0.1) is 0 Å². The summed E-state index contributed by atoms with van der Waals surface area (Å²) in [5, 5.41) is 12.0. The number of nitrogens with zero attached hydrogens (tertiary/aromatic N) is 2. The normalized spacial score (nSPS) is 17.4. The molecule has 12 heteroatoms. The van der Waals surface area contributed by atoms with Crippen LogP contribution >= 0.6 is 0 Å². The smallest absolute Gasteiger partial charge is 0.226 e. The van der Waals surface area contributed by atoms with E-state index in [2.05, 4.69) is 12.2 Å². The van der Waals surface area contributed by atoms with Gasteiger partial charge in [-0.05, 0) is 72.7 Å². The van der Waals surface area contributed by atoms with Gasteiger partial charge in [-0.2, -0.15) is 5.26 Å². The Bertz CT molecular complexity index is 1970. The highest BCUT2D eigenvalue weighted by molar-refractivity contribution is 6.01. The minimum Gasteiger partial charge on any atom is -0.492 e. The maximum absolute atomic E-state index is 14.5. The Hall–Kier alpha value is -5.38. The van der Waals surface area contributed by atoms with E-state index in [1.165, 1.54) is 11.9 Å². The topological polar surface area (TPSA) is 195 Å². The van der Waals surface area contributed by atoms with E-state index >= 15 is 0 Å². The number of ether oxygens (including phenoxy) is 2. The summed E-state index contributed by atoms with van der Waals surface area (Å²) in [7, 11) is 1.53. The van der Waals surface area contributed by atoms with Crippen molar-refractivity contribution in [2.75, 3.05) is 33.4 Å². The van der Waals surface area contributed by atoms with Crippen LogP contribution in [0.3, 0.4) is 0 Å². The van der Waals surface area contributed by atoms with Crippen molar-refractivity contribution < 1.29 is 33.4 Å². The third kappa shape index (κ3) is 11.6. The number of Topliss-reactive ketones (excluding diaryl/α,β-unsaturated/α-hetero) is 3. The predicted octanol–water partition coefficient (Wildman–Crippen LogP) is 5.60. The molecule has 0 unspecified atom stereocenters. The fourth-order valence-electron chi connectivity index (χ4n) is 7.24. The summed E-state index contributed by atoms with van der Waals surface area (Å²) in [6.45, 7) is 8.18. The van der Waals surface area contributed by atoms with Gasteiger partial charge in [-0.25, -0.2) is 0 Å². The molecule has 3 aromatic carbocycles. The van der Waals surface area contributed by atoms with Crippen LogP contribution in [0.1, 0.15) is 97.9 Å². The van der Waals surface area contributed by atoms with E-state index in [1.54, 1.807) is 44.2 Å². The Balaban J connectivity index is 1.81. The van der Waals surface area contributed by atoms with Crippen molar-refractivity contribution in [2.45, 2.75) is 91.1 Å². The third-order valence-corrected chi connectivity index (χ3v) is 10.4. The number of benzene rings is 3. The summed E-state index contributed by atoms with van der Waals surface area (Å²) >= 11 is 0. The van der Waals surface area contributed by atoms with E-state index in [0.29, 0.717) is 39.3 Å². The van der Waals surface area contributed by atoms with Crippen LogP contribution < -0.4 is 26.3 Å². The molecule has 4 atom stereocenters. The standard InChI is InChI=1S/C45H57N5O7/c1-6-7-9-31-11-14-34(28(2)22-31)39(52)24-30(4)45(55)50(5)43-33-13-16-42(57-21-19-48)36(27-33)35-25-32(12-15-41(35)56-20-18-47)26-37(38(51)10-8-17-46)49-44(54)29(3)23-40(43)53/h11-16,22,25,27,29-30,37,43H,6-10,18-21,23-24,26,47-48H2,1-5H3,(H,49,54)/t29-,30-,37+,43+/m1/s1. The van der Waals surface area contributed by atoms with E-state index in [1.807, 2.05) is 37.3 Å². The molecule has 0 saturated heterocycles. The molecule has 1 heterocycles. The highest BCUT2D eigenvalue weighted by atomic mass is 16.5. The first kappa shape index (κ1) is 44.3. The van der Waals surface area contributed by atoms with Crippen molar-refractivity contribution >= 4 is 29.2 Å². The molecule has 0 radical (unpaired) electrons. The number of carbonyl (C=O) groups is 5. The molecule has 0 aliphatic carbocycles.